The summed E-state index contributed by atoms with van der Waals surface area (Å²) >= 11 is 0. The highest BCUT2D eigenvalue weighted by atomic mass is 16.1. The van der Waals surface area contributed by atoms with Crippen molar-refractivity contribution in [1.82, 2.24) is 9.97 Å². The van der Waals surface area contributed by atoms with Crippen LogP contribution in [0, 0.1) is 0 Å². The van der Waals surface area contributed by atoms with Crippen molar-refractivity contribution in [2.45, 2.75) is 13.5 Å². The zero-order chi connectivity index (χ0) is 13.9. The number of ketones is 1. The van der Waals surface area contributed by atoms with Crippen LogP contribution in [0.25, 0.3) is 10.9 Å². The lowest BCUT2D eigenvalue weighted by Crippen LogP contribution is -2.04. The second-order valence-electron chi connectivity index (χ2n) is 4.69. The predicted molar refractivity (Wildman–Crippen MR) is 79.9 cm³/mol. The Morgan fingerprint density at radius 3 is 2.70 bits per heavy atom. The van der Waals surface area contributed by atoms with Gasteiger partial charge in [0.25, 0.3) is 0 Å². The van der Waals surface area contributed by atoms with Crippen LogP contribution < -0.4 is 5.32 Å². The van der Waals surface area contributed by atoms with E-state index in [1.807, 2.05) is 36.4 Å². The number of benzene rings is 1. The van der Waals surface area contributed by atoms with Gasteiger partial charge in [0.1, 0.15) is 5.82 Å². The molecule has 2 aromatic heterocycles. The maximum atomic E-state index is 11.9. The molecule has 0 amide bonds. The maximum Gasteiger partial charge on any atom is 0.164 e. The molecule has 100 valence electrons. The number of para-hydroxylation sites is 1. The molecule has 3 aromatic rings. The van der Waals surface area contributed by atoms with E-state index in [1.165, 1.54) is 0 Å². The monoisotopic (exact) mass is 265 g/mol. The molecule has 0 fully saturated rings. The van der Waals surface area contributed by atoms with Gasteiger partial charge in [-0.25, -0.2) is 0 Å². The van der Waals surface area contributed by atoms with Crippen molar-refractivity contribution in [3.05, 3.63) is 59.9 Å². The molecule has 0 spiro atoms. The molecule has 0 unspecified atom stereocenters. The summed E-state index contributed by atoms with van der Waals surface area (Å²) in [4.78, 5) is 19.1. The van der Waals surface area contributed by atoms with Gasteiger partial charge in [-0.15, -0.1) is 0 Å². The van der Waals surface area contributed by atoms with Crippen molar-refractivity contribution >= 4 is 22.5 Å². The smallest absolute Gasteiger partial charge is 0.164 e. The first-order valence-corrected chi connectivity index (χ1v) is 6.50. The van der Waals surface area contributed by atoms with Gasteiger partial charge in [0.15, 0.2) is 5.78 Å². The van der Waals surface area contributed by atoms with E-state index < -0.39 is 0 Å². The summed E-state index contributed by atoms with van der Waals surface area (Å²) in [6.07, 6.45) is 3.52. The number of Topliss-reactive ketones (excluding diaryl/α,β-unsaturated/α-hetero) is 1. The number of aromatic nitrogens is 2. The van der Waals surface area contributed by atoms with Gasteiger partial charge in [-0.05, 0) is 30.7 Å². The molecule has 0 bridgehead atoms. The van der Waals surface area contributed by atoms with Crippen molar-refractivity contribution in [2.24, 2.45) is 0 Å². The summed E-state index contributed by atoms with van der Waals surface area (Å²) in [6.45, 7) is 2.24. The number of hydrogen-bond donors (Lipinski definition) is 2. The first-order valence-electron chi connectivity index (χ1n) is 6.50. The first-order chi connectivity index (χ1) is 9.75. The lowest BCUT2D eigenvalue weighted by atomic mass is 10.1. The second kappa shape index (κ2) is 5.17. The maximum absolute atomic E-state index is 11.9. The number of carbonyl (C=O) groups excluding carboxylic acids is 1. The molecule has 0 aliphatic rings. The molecule has 0 saturated heterocycles. The standard InChI is InChI=1S/C16H15N3O/c1-11(20)15-13-4-2-3-5-14(13)19-16(15)18-10-12-6-8-17-9-7-12/h2-9,18-19H,10H2,1H3. The summed E-state index contributed by atoms with van der Waals surface area (Å²) in [5, 5.41) is 4.25. The van der Waals surface area contributed by atoms with Crippen LogP contribution in [0.5, 0.6) is 0 Å². The highest BCUT2D eigenvalue weighted by molar-refractivity contribution is 6.11. The fraction of sp³-hybridized carbons (Fsp3) is 0.125. The predicted octanol–water partition coefficient (Wildman–Crippen LogP) is 3.38. The van der Waals surface area contributed by atoms with Gasteiger partial charge in [0.05, 0.1) is 5.56 Å². The van der Waals surface area contributed by atoms with Gasteiger partial charge < -0.3 is 10.3 Å². The molecule has 2 N–H and O–H groups in total. The second-order valence-corrected chi connectivity index (χ2v) is 4.69. The van der Waals surface area contributed by atoms with E-state index in [4.69, 9.17) is 0 Å². The van der Waals surface area contributed by atoms with Gasteiger partial charge in [-0.1, -0.05) is 18.2 Å². The number of carbonyl (C=O) groups is 1. The number of anilines is 1. The van der Waals surface area contributed by atoms with E-state index in [9.17, 15) is 4.79 Å². The van der Waals surface area contributed by atoms with Crippen LogP contribution in [0.4, 0.5) is 5.82 Å². The number of nitrogens with one attached hydrogen (secondary N) is 2. The number of rotatable bonds is 4. The third kappa shape index (κ3) is 2.28. The van der Waals surface area contributed by atoms with Gasteiger partial charge in [-0.2, -0.15) is 0 Å². The Bertz CT molecular complexity index is 747. The van der Waals surface area contributed by atoms with E-state index in [0.29, 0.717) is 6.54 Å². The van der Waals surface area contributed by atoms with Gasteiger partial charge in [-0.3, -0.25) is 9.78 Å². The van der Waals surface area contributed by atoms with Crippen LogP contribution in [0.3, 0.4) is 0 Å². The number of nitrogens with zero attached hydrogens (tertiary/aromatic N) is 1. The normalized spacial score (nSPS) is 10.7. The van der Waals surface area contributed by atoms with Crippen molar-refractivity contribution < 1.29 is 4.79 Å². The number of aromatic amines is 1. The van der Waals surface area contributed by atoms with Gasteiger partial charge >= 0.3 is 0 Å². The van der Waals surface area contributed by atoms with E-state index >= 15 is 0 Å². The van der Waals surface area contributed by atoms with Crippen molar-refractivity contribution in [3.8, 4) is 0 Å². The number of H-pyrrole nitrogens is 1. The van der Waals surface area contributed by atoms with Crippen molar-refractivity contribution in [1.29, 1.82) is 0 Å². The van der Waals surface area contributed by atoms with E-state index in [2.05, 4.69) is 15.3 Å². The molecule has 0 saturated carbocycles. The molecule has 0 radical (unpaired) electrons. The minimum absolute atomic E-state index is 0.0553. The largest absolute Gasteiger partial charge is 0.367 e. The summed E-state index contributed by atoms with van der Waals surface area (Å²) in [6, 6.07) is 11.7. The summed E-state index contributed by atoms with van der Waals surface area (Å²) < 4.78 is 0. The van der Waals surface area contributed by atoms with Crippen LogP contribution >= 0.6 is 0 Å². The SMILES string of the molecule is CC(=O)c1c(NCc2ccncc2)[nH]c2ccccc12. The molecule has 4 heteroatoms. The lowest BCUT2D eigenvalue weighted by Gasteiger charge is -2.06. The highest BCUT2D eigenvalue weighted by Gasteiger charge is 2.14. The fourth-order valence-corrected chi connectivity index (χ4v) is 2.33. The lowest BCUT2D eigenvalue weighted by molar-refractivity contribution is 0.102. The summed E-state index contributed by atoms with van der Waals surface area (Å²) in [7, 11) is 0. The van der Waals surface area contributed by atoms with Crippen LogP contribution in [-0.2, 0) is 6.54 Å². The summed E-state index contributed by atoms with van der Waals surface area (Å²) in [5.41, 5.74) is 2.80. The Morgan fingerprint density at radius 2 is 1.95 bits per heavy atom. The molecule has 4 nitrogen and oxygen atoms in total. The van der Waals surface area contributed by atoms with E-state index in [1.54, 1.807) is 19.3 Å². The fourth-order valence-electron chi connectivity index (χ4n) is 2.33. The zero-order valence-corrected chi connectivity index (χ0v) is 11.2. The number of pyridine rings is 1. The van der Waals surface area contributed by atoms with Gasteiger partial charge in [0, 0.05) is 29.8 Å². The van der Waals surface area contributed by atoms with Crippen molar-refractivity contribution in [3.63, 3.8) is 0 Å². The van der Waals surface area contributed by atoms with E-state index in [0.717, 1.165) is 27.8 Å². The molecular weight excluding hydrogens is 250 g/mol. The molecule has 2 heterocycles. The molecule has 1 aromatic carbocycles. The Balaban J connectivity index is 1.95. The minimum atomic E-state index is 0.0553. The third-order valence-electron chi connectivity index (χ3n) is 3.28. The van der Waals surface area contributed by atoms with Crippen LogP contribution in [-0.4, -0.2) is 15.8 Å². The number of fused-ring (bicyclic) bond motifs is 1. The quantitative estimate of drug-likeness (QED) is 0.711. The Kier molecular flexibility index (Phi) is 3.21. The molecule has 20 heavy (non-hydrogen) atoms. The van der Waals surface area contributed by atoms with Crippen LogP contribution in [0.2, 0.25) is 0 Å². The molecule has 0 atom stereocenters. The summed E-state index contributed by atoms with van der Waals surface area (Å²) in [5.74, 6) is 0.829. The average molecular weight is 265 g/mol. The average Bonchev–Trinajstić information content (AvgIpc) is 2.84. The Morgan fingerprint density at radius 1 is 1.20 bits per heavy atom. The van der Waals surface area contributed by atoms with Gasteiger partial charge in [0.2, 0.25) is 0 Å². The topological polar surface area (TPSA) is 57.8 Å². The molecule has 0 aliphatic carbocycles. The zero-order valence-electron chi connectivity index (χ0n) is 11.2. The molecule has 3 rings (SSSR count). The Labute approximate surface area is 116 Å². The van der Waals surface area contributed by atoms with Crippen LogP contribution in [0.1, 0.15) is 22.8 Å². The Hall–Kier alpha value is -2.62. The van der Waals surface area contributed by atoms with Crippen molar-refractivity contribution in [2.75, 3.05) is 5.32 Å². The number of hydrogen-bond acceptors (Lipinski definition) is 3. The first kappa shape index (κ1) is 12.4. The third-order valence-corrected chi connectivity index (χ3v) is 3.28. The van der Waals surface area contributed by atoms with E-state index in [-0.39, 0.29) is 5.78 Å². The highest BCUT2D eigenvalue weighted by Crippen LogP contribution is 2.26. The molecule has 0 aliphatic heterocycles. The molecular formula is C16H15N3O. The van der Waals surface area contributed by atoms with Crippen LogP contribution in [0.15, 0.2) is 48.8 Å². The minimum Gasteiger partial charge on any atom is -0.367 e.